The molecule has 0 bridgehead atoms. The van der Waals surface area contributed by atoms with Crippen molar-refractivity contribution in [2.24, 2.45) is 5.41 Å². The van der Waals surface area contributed by atoms with E-state index >= 15 is 0 Å². The van der Waals surface area contributed by atoms with E-state index < -0.39 is 17.7 Å². The highest BCUT2D eigenvalue weighted by atomic mass is 19.1. The molecule has 0 N–H and O–H groups in total. The van der Waals surface area contributed by atoms with Crippen LogP contribution >= 0.6 is 0 Å². The Kier molecular flexibility index (Phi) is 11.9. The van der Waals surface area contributed by atoms with Crippen molar-refractivity contribution in [3.05, 3.63) is 118 Å². The maximum atomic E-state index is 14.0. The summed E-state index contributed by atoms with van der Waals surface area (Å²) in [5.41, 5.74) is 8.15. The van der Waals surface area contributed by atoms with Gasteiger partial charge in [0, 0.05) is 54.3 Å². The molecular weight excluding hydrogens is 653 g/mol. The van der Waals surface area contributed by atoms with Crippen LogP contribution in [0.4, 0.5) is 10.1 Å². The van der Waals surface area contributed by atoms with Gasteiger partial charge in [-0.2, -0.15) is 0 Å². The number of amides is 1. The molecule has 5 rings (SSSR count). The summed E-state index contributed by atoms with van der Waals surface area (Å²) in [6, 6.07) is 22.1. The van der Waals surface area contributed by atoms with Gasteiger partial charge in [0.15, 0.2) is 6.10 Å². The summed E-state index contributed by atoms with van der Waals surface area (Å²) in [6.45, 7) is 20.8. The van der Waals surface area contributed by atoms with Crippen molar-refractivity contribution in [1.82, 2.24) is 9.88 Å². The van der Waals surface area contributed by atoms with Crippen molar-refractivity contribution >= 4 is 17.6 Å². The SMILES string of the molecule is CCOC(=O)[C@@H](OC(C)(C)C)c1c(C)nc(C)c(-c2ccc(CN(Cc3ccc(F)cc3)C(=O)c3ccccc3C)cc2)c1N1CCC(C)(C)CC1. The topological polar surface area (TPSA) is 72.0 Å². The summed E-state index contributed by atoms with van der Waals surface area (Å²) in [4.78, 5) is 36.9. The standard InChI is InChI=1S/C44H54FN3O4/c1-10-51-42(50)40(52-43(5,6)7)38-31(4)46-30(3)37(39(38)47-25-23-44(8,9)24-26-47)34-19-15-32(16-20-34)27-48(28-33-17-21-35(45)22-18-33)41(49)36-14-12-11-13-29(36)2/h11-22,40H,10,23-28H2,1-9H3/t40-/m0/s1. The lowest BCUT2D eigenvalue weighted by molar-refractivity contribution is -0.166. The van der Waals surface area contributed by atoms with Gasteiger partial charge in [0.25, 0.3) is 5.91 Å². The van der Waals surface area contributed by atoms with E-state index in [1.54, 1.807) is 17.0 Å². The number of carbonyl (C=O) groups excluding carboxylic acids is 2. The van der Waals surface area contributed by atoms with Crippen LogP contribution in [0, 0.1) is 32.0 Å². The number of hydrogen-bond acceptors (Lipinski definition) is 6. The van der Waals surface area contributed by atoms with Crippen LogP contribution in [0.3, 0.4) is 0 Å². The molecule has 1 fully saturated rings. The number of aromatic nitrogens is 1. The number of rotatable bonds is 11. The van der Waals surface area contributed by atoms with Crippen molar-refractivity contribution in [1.29, 1.82) is 0 Å². The number of hydrogen-bond donors (Lipinski definition) is 0. The number of benzene rings is 3. The summed E-state index contributed by atoms with van der Waals surface area (Å²) < 4.78 is 25.9. The smallest absolute Gasteiger partial charge is 0.340 e. The van der Waals surface area contributed by atoms with Gasteiger partial charge in [-0.05, 0) is 107 Å². The molecule has 0 spiro atoms. The number of esters is 1. The molecule has 52 heavy (non-hydrogen) atoms. The fraction of sp³-hybridized carbons (Fsp3) is 0.432. The number of piperidine rings is 1. The molecule has 8 heteroatoms. The maximum absolute atomic E-state index is 14.0. The second-order valence-electron chi connectivity index (χ2n) is 15.7. The van der Waals surface area contributed by atoms with E-state index in [0.717, 1.165) is 76.4 Å². The van der Waals surface area contributed by atoms with E-state index in [-0.39, 0.29) is 23.7 Å². The minimum absolute atomic E-state index is 0.0890. The molecule has 0 unspecified atom stereocenters. The summed E-state index contributed by atoms with van der Waals surface area (Å²) >= 11 is 0. The minimum Gasteiger partial charge on any atom is -0.464 e. The number of carbonyl (C=O) groups is 2. The predicted molar refractivity (Wildman–Crippen MR) is 206 cm³/mol. The Morgan fingerprint density at radius 2 is 1.46 bits per heavy atom. The molecule has 0 aliphatic carbocycles. The van der Waals surface area contributed by atoms with Crippen LogP contribution in [0.5, 0.6) is 0 Å². The van der Waals surface area contributed by atoms with Gasteiger partial charge in [-0.15, -0.1) is 0 Å². The van der Waals surface area contributed by atoms with E-state index in [1.165, 1.54) is 12.1 Å². The van der Waals surface area contributed by atoms with E-state index in [1.807, 2.05) is 72.7 Å². The average Bonchev–Trinajstić information content (AvgIpc) is 3.08. The number of halogens is 1. The fourth-order valence-corrected chi connectivity index (χ4v) is 6.96. The van der Waals surface area contributed by atoms with Gasteiger partial charge in [0.2, 0.25) is 0 Å². The van der Waals surface area contributed by atoms with E-state index in [0.29, 0.717) is 18.7 Å². The summed E-state index contributed by atoms with van der Waals surface area (Å²) in [7, 11) is 0. The predicted octanol–water partition coefficient (Wildman–Crippen LogP) is 9.70. The molecule has 1 atom stereocenters. The van der Waals surface area contributed by atoms with Gasteiger partial charge in [-0.1, -0.05) is 68.4 Å². The third-order valence-electron chi connectivity index (χ3n) is 9.81. The van der Waals surface area contributed by atoms with Gasteiger partial charge in [0.05, 0.1) is 17.9 Å². The van der Waals surface area contributed by atoms with Crippen LogP contribution in [0.1, 0.15) is 104 Å². The molecule has 0 radical (unpaired) electrons. The van der Waals surface area contributed by atoms with Crippen LogP contribution in [-0.4, -0.2) is 47.1 Å². The Balaban J connectivity index is 1.58. The number of nitrogens with zero attached hydrogens (tertiary/aromatic N) is 3. The van der Waals surface area contributed by atoms with Gasteiger partial charge >= 0.3 is 5.97 Å². The number of anilines is 1. The largest absolute Gasteiger partial charge is 0.464 e. The first-order valence-electron chi connectivity index (χ1n) is 18.4. The normalized spacial score (nSPS) is 14.9. The molecule has 1 aliphatic heterocycles. The van der Waals surface area contributed by atoms with Crippen molar-refractivity contribution < 1.29 is 23.5 Å². The molecule has 1 amide bonds. The lowest BCUT2D eigenvalue weighted by Gasteiger charge is -2.41. The van der Waals surface area contributed by atoms with E-state index in [9.17, 15) is 14.0 Å². The summed E-state index contributed by atoms with van der Waals surface area (Å²) in [5, 5.41) is 0. The third kappa shape index (κ3) is 9.26. The molecule has 0 saturated carbocycles. The van der Waals surface area contributed by atoms with Gasteiger partial charge in [0.1, 0.15) is 5.82 Å². The number of ether oxygens (including phenoxy) is 2. The Morgan fingerprint density at radius 1 is 0.885 bits per heavy atom. The average molecular weight is 708 g/mol. The summed E-state index contributed by atoms with van der Waals surface area (Å²) in [6.07, 6.45) is 1.06. The van der Waals surface area contributed by atoms with E-state index in [4.69, 9.17) is 14.5 Å². The molecule has 4 aromatic rings. The second-order valence-corrected chi connectivity index (χ2v) is 15.7. The Labute approximate surface area is 309 Å². The Morgan fingerprint density at radius 3 is 2.02 bits per heavy atom. The highest BCUT2D eigenvalue weighted by molar-refractivity contribution is 5.95. The second kappa shape index (κ2) is 16.0. The lowest BCUT2D eigenvalue weighted by Crippen LogP contribution is -2.39. The fourth-order valence-electron chi connectivity index (χ4n) is 6.96. The van der Waals surface area contributed by atoms with Crippen molar-refractivity contribution in [2.45, 2.75) is 99.9 Å². The molecule has 1 aromatic heterocycles. The lowest BCUT2D eigenvalue weighted by atomic mass is 9.81. The zero-order valence-corrected chi connectivity index (χ0v) is 32.3. The van der Waals surface area contributed by atoms with E-state index in [2.05, 4.69) is 43.0 Å². The molecule has 2 heterocycles. The van der Waals surface area contributed by atoms with Gasteiger partial charge < -0.3 is 19.3 Å². The minimum atomic E-state index is -0.955. The van der Waals surface area contributed by atoms with Crippen LogP contribution in [0.25, 0.3) is 11.1 Å². The van der Waals surface area contributed by atoms with Crippen LogP contribution in [0.2, 0.25) is 0 Å². The molecule has 276 valence electrons. The molecule has 1 aliphatic rings. The van der Waals surface area contributed by atoms with Crippen molar-refractivity contribution in [3.63, 3.8) is 0 Å². The Hall–Kier alpha value is -4.56. The van der Waals surface area contributed by atoms with Crippen LogP contribution < -0.4 is 4.90 Å². The first kappa shape index (κ1) is 38.7. The van der Waals surface area contributed by atoms with Crippen molar-refractivity contribution in [3.8, 4) is 11.1 Å². The highest BCUT2D eigenvalue weighted by Crippen LogP contribution is 2.45. The first-order chi connectivity index (χ1) is 24.6. The number of pyridine rings is 1. The molecule has 3 aromatic carbocycles. The quantitative estimate of drug-likeness (QED) is 0.145. The molecule has 7 nitrogen and oxygen atoms in total. The van der Waals surface area contributed by atoms with Gasteiger partial charge in [-0.3, -0.25) is 9.78 Å². The zero-order valence-electron chi connectivity index (χ0n) is 32.3. The molecular formula is C44H54FN3O4. The Bertz CT molecular complexity index is 1870. The number of aryl methyl sites for hydroxylation is 3. The highest BCUT2D eigenvalue weighted by Gasteiger charge is 2.37. The van der Waals surface area contributed by atoms with Gasteiger partial charge in [-0.25, -0.2) is 9.18 Å². The maximum Gasteiger partial charge on any atom is 0.340 e. The van der Waals surface area contributed by atoms with Crippen molar-refractivity contribution in [2.75, 3.05) is 24.6 Å². The van der Waals surface area contributed by atoms with Crippen LogP contribution in [-0.2, 0) is 27.4 Å². The van der Waals surface area contributed by atoms with Crippen LogP contribution in [0.15, 0.2) is 72.8 Å². The zero-order chi connectivity index (χ0) is 37.8. The molecule has 1 saturated heterocycles. The third-order valence-corrected chi connectivity index (χ3v) is 9.81. The first-order valence-corrected chi connectivity index (χ1v) is 18.4. The monoisotopic (exact) mass is 707 g/mol. The summed E-state index contributed by atoms with van der Waals surface area (Å²) in [5.74, 6) is -0.828.